The number of rotatable bonds is 5. The van der Waals surface area contributed by atoms with Gasteiger partial charge in [-0.2, -0.15) is 5.10 Å². The first-order valence-corrected chi connectivity index (χ1v) is 12.0. The average Bonchev–Trinajstić information content (AvgIpc) is 3.44. The lowest BCUT2D eigenvalue weighted by atomic mass is 10.0. The van der Waals surface area contributed by atoms with E-state index in [2.05, 4.69) is 34.8 Å². The number of para-hydroxylation sites is 1. The van der Waals surface area contributed by atoms with Crippen LogP contribution in [0.15, 0.2) is 108 Å². The zero-order valence-electron chi connectivity index (χ0n) is 20.1. The maximum Gasteiger partial charge on any atom is 0.272 e. The second kappa shape index (κ2) is 9.59. The van der Waals surface area contributed by atoms with Crippen molar-refractivity contribution in [3.63, 3.8) is 0 Å². The van der Waals surface area contributed by atoms with Crippen molar-refractivity contribution in [3.8, 4) is 33.9 Å². The van der Waals surface area contributed by atoms with Gasteiger partial charge in [0.2, 0.25) is 6.79 Å². The van der Waals surface area contributed by atoms with Crippen molar-refractivity contribution < 1.29 is 14.3 Å². The fraction of sp³-hybridized carbons (Fsp3) is 0.0645. The fourth-order valence-corrected chi connectivity index (χ4v) is 4.36. The molecular weight excluding hydrogens is 462 g/mol. The van der Waals surface area contributed by atoms with Crippen LogP contribution in [0.4, 0.5) is 0 Å². The molecule has 6 rings (SSSR count). The molecule has 0 fully saturated rings. The van der Waals surface area contributed by atoms with Gasteiger partial charge in [0.05, 0.1) is 22.5 Å². The Morgan fingerprint density at radius 2 is 1.49 bits per heavy atom. The van der Waals surface area contributed by atoms with Gasteiger partial charge in [0.1, 0.15) is 0 Å². The maximum absolute atomic E-state index is 13.3. The molecule has 0 saturated heterocycles. The van der Waals surface area contributed by atoms with Crippen molar-refractivity contribution in [2.45, 2.75) is 6.92 Å². The minimum absolute atomic E-state index is 0.206. The van der Waals surface area contributed by atoms with E-state index in [1.807, 2.05) is 85.8 Å². The summed E-state index contributed by atoms with van der Waals surface area (Å²) in [4.78, 5) is 18.1. The van der Waals surface area contributed by atoms with Gasteiger partial charge in [-0.3, -0.25) is 4.79 Å². The van der Waals surface area contributed by atoms with Crippen molar-refractivity contribution in [1.82, 2.24) is 10.4 Å². The molecule has 37 heavy (non-hydrogen) atoms. The summed E-state index contributed by atoms with van der Waals surface area (Å²) >= 11 is 0. The molecule has 180 valence electrons. The van der Waals surface area contributed by atoms with Crippen LogP contribution in [0.2, 0.25) is 0 Å². The third-order valence-corrected chi connectivity index (χ3v) is 6.36. The molecule has 5 aromatic rings. The minimum atomic E-state index is -0.305. The van der Waals surface area contributed by atoms with Crippen molar-refractivity contribution in [2.75, 3.05) is 6.79 Å². The molecule has 1 aliphatic heterocycles. The van der Waals surface area contributed by atoms with E-state index in [0.717, 1.165) is 38.9 Å². The predicted molar refractivity (Wildman–Crippen MR) is 145 cm³/mol. The molecule has 0 aliphatic carbocycles. The largest absolute Gasteiger partial charge is 0.454 e. The Bertz CT molecular complexity index is 1640. The Balaban J connectivity index is 1.30. The monoisotopic (exact) mass is 485 g/mol. The van der Waals surface area contributed by atoms with Crippen LogP contribution >= 0.6 is 0 Å². The lowest BCUT2D eigenvalue weighted by Crippen LogP contribution is -2.20. The van der Waals surface area contributed by atoms with Crippen molar-refractivity contribution in [2.24, 2.45) is 5.10 Å². The Morgan fingerprint density at radius 3 is 2.32 bits per heavy atom. The zero-order valence-corrected chi connectivity index (χ0v) is 20.1. The number of fused-ring (bicyclic) bond motifs is 2. The quantitative estimate of drug-likeness (QED) is 0.229. The molecule has 6 heteroatoms. The molecular formula is C31H23N3O3. The van der Waals surface area contributed by atoms with Crippen LogP contribution in [0, 0.1) is 0 Å². The SMILES string of the molecule is C/C(=N/NC(=O)c1cc(-c2ccc(-c3ccccc3)cc2)nc2ccccc12)c1ccc2c(c1)OCO2. The molecule has 1 N–H and O–H groups in total. The Hall–Kier alpha value is -4.97. The summed E-state index contributed by atoms with van der Waals surface area (Å²) in [7, 11) is 0. The highest BCUT2D eigenvalue weighted by atomic mass is 16.7. The fourth-order valence-electron chi connectivity index (χ4n) is 4.36. The van der Waals surface area contributed by atoms with Gasteiger partial charge in [0.25, 0.3) is 5.91 Å². The topological polar surface area (TPSA) is 72.8 Å². The summed E-state index contributed by atoms with van der Waals surface area (Å²) in [5.41, 5.74) is 9.38. The molecule has 0 saturated carbocycles. The summed E-state index contributed by atoms with van der Waals surface area (Å²) < 4.78 is 10.8. The summed E-state index contributed by atoms with van der Waals surface area (Å²) in [5, 5.41) is 5.12. The molecule has 0 spiro atoms. The number of pyridine rings is 1. The third-order valence-electron chi connectivity index (χ3n) is 6.36. The molecule has 0 atom stereocenters. The van der Waals surface area contributed by atoms with Gasteiger partial charge in [-0.15, -0.1) is 0 Å². The molecule has 1 aliphatic rings. The highest BCUT2D eigenvalue weighted by Crippen LogP contribution is 2.32. The number of nitrogens with one attached hydrogen (secondary N) is 1. The number of nitrogens with zero attached hydrogens (tertiary/aromatic N) is 2. The minimum Gasteiger partial charge on any atom is -0.454 e. The van der Waals surface area contributed by atoms with E-state index >= 15 is 0 Å². The highest BCUT2D eigenvalue weighted by Gasteiger charge is 2.16. The summed E-state index contributed by atoms with van der Waals surface area (Å²) in [6.45, 7) is 2.04. The van der Waals surface area contributed by atoms with E-state index in [9.17, 15) is 4.79 Å². The van der Waals surface area contributed by atoms with Gasteiger partial charge in [-0.1, -0.05) is 72.8 Å². The van der Waals surface area contributed by atoms with Gasteiger partial charge in [-0.25, -0.2) is 10.4 Å². The zero-order chi connectivity index (χ0) is 25.2. The second-order valence-corrected chi connectivity index (χ2v) is 8.72. The van der Waals surface area contributed by atoms with Crippen LogP contribution in [-0.4, -0.2) is 23.4 Å². The first kappa shape index (κ1) is 22.5. The van der Waals surface area contributed by atoms with Crippen molar-refractivity contribution >= 4 is 22.5 Å². The average molecular weight is 486 g/mol. The van der Waals surface area contributed by atoms with E-state index in [-0.39, 0.29) is 12.7 Å². The van der Waals surface area contributed by atoms with Gasteiger partial charge in [0.15, 0.2) is 11.5 Å². The normalized spacial score (nSPS) is 12.5. The second-order valence-electron chi connectivity index (χ2n) is 8.72. The smallest absolute Gasteiger partial charge is 0.272 e. The maximum atomic E-state index is 13.3. The number of carbonyl (C=O) groups excluding carboxylic acids is 1. The van der Waals surface area contributed by atoms with Crippen LogP contribution in [0.5, 0.6) is 11.5 Å². The van der Waals surface area contributed by atoms with E-state index in [1.165, 1.54) is 0 Å². The molecule has 0 radical (unpaired) electrons. The van der Waals surface area contributed by atoms with E-state index in [0.29, 0.717) is 22.8 Å². The Kier molecular flexibility index (Phi) is 5.83. The number of ether oxygens (including phenoxy) is 2. The molecule has 2 heterocycles. The van der Waals surface area contributed by atoms with Gasteiger partial charge >= 0.3 is 0 Å². The number of hydrogen-bond acceptors (Lipinski definition) is 5. The number of hydrogen-bond donors (Lipinski definition) is 1. The molecule has 1 amide bonds. The van der Waals surface area contributed by atoms with Gasteiger partial charge in [-0.05, 0) is 48.4 Å². The van der Waals surface area contributed by atoms with Crippen LogP contribution in [0.3, 0.4) is 0 Å². The number of amides is 1. The molecule has 1 aromatic heterocycles. The first-order valence-electron chi connectivity index (χ1n) is 12.0. The first-order chi connectivity index (χ1) is 18.2. The van der Waals surface area contributed by atoms with Gasteiger partial charge < -0.3 is 9.47 Å². The van der Waals surface area contributed by atoms with Crippen LogP contribution < -0.4 is 14.9 Å². The molecule has 0 bridgehead atoms. The van der Waals surface area contributed by atoms with Crippen LogP contribution in [0.1, 0.15) is 22.8 Å². The third kappa shape index (κ3) is 4.52. The standard InChI is InChI=1S/C31H23N3O3/c1-20(24-15-16-29-30(17-24)37-19-36-29)33-34-31(35)26-18-28(32-27-10-6-5-9-25(26)27)23-13-11-22(12-14-23)21-7-3-2-4-8-21/h2-18H,19H2,1H3,(H,34,35)/b33-20-. The highest BCUT2D eigenvalue weighted by molar-refractivity contribution is 6.08. The number of aromatic nitrogens is 1. The lowest BCUT2D eigenvalue weighted by molar-refractivity contribution is 0.0956. The lowest BCUT2D eigenvalue weighted by Gasteiger charge is -2.10. The van der Waals surface area contributed by atoms with E-state index in [4.69, 9.17) is 14.5 Å². The summed E-state index contributed by atoms with van der Waals surface area (Å²) in [6, 6.07) is 33.4. The van der Waals surface area contributed by atoms with Crippen molar-refractivity contribution in [1.29, 1.82) is 0 Å². The predicted octanol–water partition coefficient (Wildman–Crippen LogP) is 6.45. The van der Waals surface area contributed by atoms with E-state index < -0.39 is 0 Å². The Morgan fingerprint density at radius 1 is 0.784 bits per heavy atom. The summed E-state index contributed by atoms with van der Waals surface area (Å²) in [6.07, 6.45) is 0. The number of carbonyl (C=O) groups is 1. The van der Waals surface area contributed by atoms with E-state index in [1.54, 1.807) is 0 Å². The molecule has 4 aromatic carbocycles. The van der Waals surface area contributed by atoms with Gasteiger partial charge in [0, 0.05) is 16.5 Å². The van der Waals surface area contributed by atoms with Crippen molar-refractivity contribution in [3.05, 3.63) is 114 Å². The Labute approximate surface area is 214 Å². The number of benzene rings is 4. The summed E-state index contributed by atoms with van der Waals surface area (Å²) in [5.74, 6) is 1.07. The number of hydrazone groups is 1. The molecule has 6 nitrogen and oxygen atoms in total. The van der Waals surface area contributed by atoms with Crippen LogP contribution in [-0.2, 0) is 0 Å². The van der Waals surface area contributed by atoms with Crippen LogP contribution in [0.25, 0.3) is 33.3 Å². The molecule has 0 unspecified atom stereocenters.